The van der Waals surface area contributed by atoms with Gasteiger partial charge in [0.2, 0.25) is 5.91 Å². The maximum absolute atomic E-state index is 12.2. The third-order valence-electron chi connectivity index (χ3n) is 3.07. The van der Waals surface area contributed by atoms with Crippen molar-refractivity contribution in [2.24, 2.45) is 5.73 Å². The Morgan fingerprint density at radius 1 is 1.25 bits per heavy atom. The van der Waals surface area contributed by atoms with Gasteiger partial charge in [-0.05, 0) is 26.7 Å². The van der Waals surface area contributed by atoms with E-state index in [1.807, 2.05) is 27.7 Å². The van der Waals surface area contributed by atoms with E-state index < -0.39 is 5.54 Å². The largest absolute Gasteiger partial charge is 0.380 e. The van der Waals surface area contributed by atoms with Gasteiger partial charge < -0.3 is 15.4 Å². The average molecular weight is 230 g/mol. The molecule has 16 heavy (non-hydrogen) atoms. The molecule has 0 bridgehead atoms. The van der Waals surface area contributed by atoms with Crippen LogP contribution in [0.1, 0.15) is 40.5 Å². The van der Waals surface area contributed by atoms with E-state index in [1.54, 1.807) is 4.90 Å². The van der Waals surface area contributed by atoms with Crippen LogP contribution in [0.3, 0.4) is 0 Å². The molecule has 0 heterocycles. The standard InChI is InChI=1S/C12H26N2O2/c1-5-12(13,6-2)11(15)14(7-3)9-10-16-8-4/h5-10,13H2,1-4H3. The van der Waals surface area contributed by atoms with Crippen molar-refractivity contribution >= 4 is 5.91 Å². The number of hydrogen-bond donors (Lipinski definition) is 1. The summed E-state index contributed by atoms with van der Waals surface area (Å²) in [5, 5.41) is 0. The van der Waals surface area contributed by atoms with Crippen LogP contribution < -0.4 is 5.73 Å². The van der Waals surface area contributed by atoms with Gasteiger partial charge in [0.05, 0.1) is 12.1 Å². The number of carbonyl (C=O) groups is 1. The second-order valence-electron chi connectivity index (χ2n) is 3.94. The lowest BCUT2D eigenvalue weighted by Gasteiger charge is -2.32. The minimum atomic E-state index is -0.706. The van der Waals surface area contributed by atoms with Gasteiger partial charge in [0.25, 0.3) is 0 Å². The summed E-state index contributed by atoms with van der Waals surface area (Å²) in [4.78, 5) is 14.0. The fourth-order valence-electron chi connectivity index (χ4n) is 1.59. The molecule has 2 N–H and O–H groups in total. The van der Waals surface area contributed by atoms with Crippen molar-refractivity contribution in [3.63, 3.8) is 0 Å². The van der Waals surface area contributed by atoms with Gasteiger partial charge in [0.15, 0.2) is 0 Å². The van der Waals surface area contributed by atoms with Crippen molar-refractivity contribution < 1.29 is 9.53 Å². The zero-order chi connectivity index (χ0) is 12.6. The summed E-state index contributed by atoms with van der Waals surface area (Å²) in [6.45, 7) is 10.4. The predicted octanol–water partition coefficient (Wildman–Crippen LogP) is 1.39. The summed E-state index contributed by atoms with van der Waals surface area (Å²) in [5.74, 6) is 0.0414. The first kappa shape index (κ1) is 15.4. The highest BCUT2D eigenvalue weighted by Gasteiger charge is 2.33. The molecule has 0 saturated carbocycles. The van der Waals surface area contributed by atoms with Crippen LogP contribution in [-0.4, -0.2) is 42.6 Å². The van der Waals surface area contributed by atoms with Crippen LogP contribution in [0.25, 0.3) is 0 Å². The van der Waals surface area contributed by atoms with E-state index in [2.05, 4.69) is 0 Å². The number of hydrogen-bond acceptors (Lipinski definition) is 3. The summed E-state index contributed by atoms with van der Waals surface area (Å²) in [6, 6.07) is 0. The van der Waals surface area contributed by atoms with Gasteiger partial charge in [-0.1, -0.05) is 13.8 Å². The molecule has 4 nitrogen and oxygen atoms in total. The maximum Gasteiger partial charge on any atom is 0.242 e. The molecule has 0 spiro atoms. The molecule has 0 saturated heterocycles. The fraction of sp³-hybridized carbons (Fsp3) is 0.917. The number of likely N-dealkylation sites (N-methyl/N-ethyl adjacent to an activating group) is 1. The van der Waals surface area contributed by atoms with E-state index in [4.69, 9.17) is 10.5 Å². The van der Waals surface area contributed by atoms with E-state index in [0.29, 0.717) is 39.1 Å². The van der Waals surface area contributed by atoms with Gasteiger partial charge in [0, 0.05) is 19.7 Å². The van der Waals surface area contributed by atoms with Gasteiger partial charge in [0.1, 0.15) is 0 Å². The van der Waals surface area contributed by atoms with Crippen molar-refractivity contribution in [3.8, 4) is 0 Å². The lowest BCUT2D eigenvalue weighted by Crippen LogP contribution is -2.55. The zero-order valence-electron chi connectivity index (χ0n) is 11.1. The Kier molecular flexibility index (Phi) is 7.34. The van der Waals surface area contributed by atoms with Crippen LogP contribution >= 0.6 is 0 Å². The normalized spacial score (nSPS) is 11.6. The number of ether oxygens (including phenoxy) is 1. The van der Waals surface area contributed by atoms with E-state index in [0.717, 1.165) is 0 Å². The first-order valence-electron chi connectivity index (χ1n) is 6.21. The van der Waals surface area contributed by atoms with E-state index in [9.17, 15) is 4.79 Å². The van der Waals surface area contributed by atoms with Crippen LogP contribution in [0.2, 0.25) is 0 Å². The van der Waals surface area contributed by atoms with Crippen molar-refractivity contribution in [3.05, 3.63) is 0 Å². The quantitative estimate of drug-likeness (QED) is 0.641. The van der Waals surface area contributed by atoms with Crippen LogP contribution in [-0.2, 0) is 9.53 Å². The Hall–Kier alpha value is -0.610. The number of carbonyl (C=O) groups excluding carboxylic acids is 1. The average Bonchev–Trinajstić information content (AvgIpc) is 2.33. The van der Waals surface area contributed by atoms with E-state index in [-0.39, 0.29) is 5.91 Å². The van der Waals surface area contributed by atoms with Crippen molar-refractivity contribution in [1.82, 2.24) is 4.90 Å². The van der Waals surface area contributed by atoms with Crippen LogP contribution in [0, 0.1) is 0 Å². The van der Waals surface area contributed by atoms with Crippen molar-refractivity contribution in [2.45, 2.75) is 46.1 Å². The summed E-state index contributed by atoms with van der Waals surface area (Å²) < 4.78 is 5.26. The van der Waals surface area contributed by atoms with Crippen LogP contribution in [0.15, 0.2) is 0 Å². The Morgan fingerprint density at radius 3 is 2.19 bits per heavy atom. The maximum atomic E-state index is 12.2. The molecule has 0 aliphatic heterocycles. The highest BCUT2D eigenvalue weighted by Crippen LogP contribution is 2.15. The molecule has 1 amide bonds. The van der Waals surface area contributed by atoms with E-state index >= 15 is 0 Å². The van der Waals surface area contributed by atoms with Gasteiger partial charge in [-0.3, -0.25) is 4.79 Å². The molecular weight excluding hydrogens is 204 g/mol. The number of rotatable bonds is 8. The topological polar surface area (TPSA) is 55.6 Å². The first-order valence-corrected chi connectivity index (χ1v) is 6.21. The molecule has 0 unspecified atom stereocenters. The van der Waals surface area contributed by atoms with E-state index in [1.165, 1.54) is 0 Å². The summed E-state index contributed by atoms with van der Waals surface area (Å²) >= 11 is 0. The minimum absolute atomic E-state index is 0.0414. The molecule has 0 rings (SSSR count). The van der Waals surface area contributed by atoms with Gasteiger partial charge >= 0.3 is 0 Å². The Balaban J connectivity index is 4.39. The Bertz CT molecular complexity index is 203. The number of nitrogens with two attached hydrogens (primary N) is 1. The monoisotopic (exact) mass is 230 g/mol. The van der Waals surface area contributed by atoms with Crippen LogP contribution in [0.4, 0.5) is 0 Å². The lowest BCUT2D eigenvalue weighted by molar-refractivity contribution is -0.137. The molecule has 96 valence electrons. The SMILES string of the molecule is CCOCCN(CC)C(=O)C(N)(CC)CC. The fourth-order valence-corrected chi connectivity index (χ4v) is 1.59. The van der Waals surface area contributed by atoms with Crippen molar-refractivity contribution in [1.29, 1.82) is 0 Å². The Labute approximate surface area is 99.1 Å². The summed E-state index contributed by atoms with van der Waals surface area (Å²) in [5.41, 5.74) is 5.38. The zero-order valence-corrected chi connectivity index (χ0v) is 11.1. The molecule has 0 aromatic carbocycles. The minimum Gasteiger partial charge on any atom is -0.380 e. The van der Waals surface area contributed by atoms with Gasteiger partial charge in [-0.15, -0.1) is 0 Å². The second kappa shape index (κ2) is 7.63. The smallest absolute Gasteiger partial charge is 0.242 e. The molecule has 0 radical (unpaired) electrons. The highest BCUT2D eigenvalue weighted by atomic mass is 16.5. The molecular formula is C12H26N2O2. The number of amides is 1. The summed E-state index contributed by atoms with van der Waals surface area (Å²) in [7, 11) is 0. The molecule has 0 fully saturated rings. The highest BCUT2D eigenvalue weighted by molar-refractivity contribution is 5.86. The third kappa shape index (κ3) is 4.10. The Morgan fingerprint density at radius 2 is 1.81 bits per heavy atom. The summed E-state index contributed by atoms with van der Waals surface area (Å²) in [6.07, 6.45) is 1.35. The molecule has 4 heteroatoms. The molecule has 0 aromatic rings. The molecule has 0 aliphatic rings. The third-order valence-corrected chi connectivity index (χ3v) is 3.07. The predicted molar refractivity (Wildman–Crippen MR) is 66.2 cm³/mol. The van der Waals surface area contributed by atoms with Crippen molar-refractivity contribution in [2.75, 3.05) is 26.3 Å². The molecule has 0 atom stereocenters. The second-order valence-corrected chi connectivity index (χ2v) is 3.94. The molecule has 0 aliphatic carbocycles. The van der Waals surface area contributed by atoms with Gasteiger partial charge in [-0.2, -0.15) is 0 Å². The van der Waals surface area contributed by atoms with Gasteiger partial charge in [-0.25, -0.2) is 0 Å². The molecule has 0 aromatic heterocycles. The lowest BCUT2D eigenvalue weighted by atomic mass is 9.92. The first-order chi connectivity index (χ1) is 7.55. The number of nitrogens with zero attached hydrogens (tertiary/aromatic N) is 1. The van der Waals surface area contributed by atoms with Crippen LogP contribution in [0.5, 0.6) is 0 Å².